The van der Waals surface area contributed by atoms with Gasteiger partial charge in [-0.15, -0.1) is 0 Å². The molecule has 3 aromatic rings. The van der Waals surface area contributed by atoms with Gasteiger partial charge in [0.1, 0.15) is 0 Å². The highest BCUT2D eigenvalue weighted by Gasteiger charge is 2.00. The molecule has 2 aromatic carbocycles. The second-order valence-corrected chi connectivity index (χ2v) is 3.93. The Morgan fingerprint density at radius 1 is 1.06 bits per heavy atom. The number of nitrogens with one attached hydrogen (secondary N) is 2. The normalized spacial score (nSPS) is 10.6. The minimum Gasteiger partial charge on any atom is -0.352 e. The first kappa shape index (κ1) is 9.90. The van der Waals surface area contributed by atoms with Crippen molar-refractivity contribution in [3.05, 3.63) is 60.4 Å². The van der Waals surface area contributed by atoms with Gasteiger partial charge in [0.15, 0.2) is 5.95 Å². The van der Waals surface area contributed by atoms with Crippen molar-refractivity contribution in [1.29, 1.82) is 0 Å². The maximum atomic E-state index is 4.14. The lowest BCUT2D eigenvalue weighted by Crippen LogP contribution is -2.01. The van der Waals surface area contributed by atoms with Gasteiger partial charge < -0.3 is 10.3 Å². The van der Waals surface area contributed by atoms with Crippen LogP contribution < -0.4 is 5.32 Å². The highest BCUT2D eigenvalue weighted by atomic mass is 15.1. The van der Waals surface area contributed by atoms with Gasteiger partial charge in [-0.05, 0) is 16.3 Å². The van der Waals surface area contributed by atoms with Crippen LogP contribution in [0.4, 0.5) is 5.95 Å². The fourth-order valence-corrected chi connectivity index (χ4v) is 1.99. The van der Waals surface area contributed by atoms with Crippen molar-refractivity contribution >= 4 is 16.7 Å². The molecule has 17 heavy (non-hydrogen) atoms. The van der Waals surface area contributed by atoms with Crippen molar-refractivity contribution in [2.24, 2.45) is 0 Å². The lowest BCUT2D eigenvalue weighted by molar-refractivity contribution is 1.10. The fourth-order valence-electron chi connectivity index (χ4n) is 1.99. The summed E-state index contributed by atoms with van der Waals surface area (Å²) in [5, 5.41) is 5.82. The third-order valence-corrected chi connectivity index (χ3v) is 2.82. The van der Waals surface area contributed by atoms with Gasteiger partial charge in [-0.2, -0.15) is 0 Å². The van der Waals surface area contributed by atoms with E-state index in [0.717, 1.165) is 12.5 Å². The molecule has 0 fully saturated rings. The summed E-state index contributed by atoms with van der Waals surface area (Å²) in [5.74, 6) is 0.804. The third-order valence-electron chi connectivity index (χ3n) is 2.82. The van der Waals surface area contributed by atoms with E-state index in [4.69, 9.17) is 0 Å². The summed E-state index contributed by atoms with van der Waals surface area (Å²) in [7, 11) is 0. The van der Waals surface area contributed by atoms with E-state index in [2.05, 4.69) is 57.7 Å². The van der Waals surface area contributed by atoms with E-state index < -0.39 is 0 Å². The molecule has 0 amide bonds. The fraction of sp³-hybridized carbons (Fsp3) is 0.0714. The molecule has 0 saturated carbocycles. The summed E-state index contributed by atoms with van der Waals surface area (Å²) >= 11 is 0. The number of rotatable bonds is 3. The standard InChI is InChI=1S/C14H13N3/c1-2-7-13-11(4-1)5-3-6-12(13)10-17-14-15-8-9-16-14/h1-9H,10H2,(H2,15,16,17). The van der Waals surface area contributed by atoms with Gasteiger partial charge in [-0.1, -0.05) is 42.5 Å². The first-order valence-corrected chi connectivity index (χ1v) is 5.63. The van der Waals surface area contributed by atoms with E-state index in [1.165, 1.54) is 16.3 Å². The van der Waals surface area contributed by atoms with Crippen LogP contribution in [0.3, 0.4) is 0 Å². The summed E-state index contributed by atoms with van der Waals surface area (Å²) in [5.41, 5.74) is 1.28. The maximum absolute atomic E-state index is 4.14. The number of hydrogen-bond acceptors (Lipinski definition) is 2. The van der Waals surface area contributed by atoms with E-state index in [1.807, 2.05) is 6.20 Å². The highest BCUT2D eigenvalue weighted by molar-refractivity contribution is 5.85. The molecule has 0 spiro atoms. The second kappa shape index (κ2) is 4.29. The van der Waals surface area contributed by atoms with Crippen LogP contribution in [0.15, 0.2) is 54.9 Å². The minimum absolute atomic E-state index is 0.773. The van der Waals surface area contributed by atoms with Crippen molar-refractivity contribution in [3.8, 4) is 0 Å². The van der Waals surface area contributed by atoms with Crippen molar-refractivity contribution < 1.29 is 0 Å². The maximum Gasteiger partial charge on any atom is 0.200 e. The van der Waals surface area contributed by atoms with Crippen LogP contribution in [-0.2, 0) is 6.54 Å². The van der Waals surface area contributed by atoms with Crippen molar-refractivity contribution in [2.75, 3.05) is 5.32 Å². The molecular weight excluding hydrogens is 210 g/mol. The van der Waals surface area contributed by atoms with Crippen LogP contribution in [0.1, 0.15) is 5.56 Å². The topological polar surface area (TPSA) is 40.7 Å². The molecule has 1 heterocycles. The average Bonchev–Trinajstić information content (AvgIpc) is 2.89. The number of hydrogen-bond donors (Lipinski definition) is 2. The number of fused-ring (bicyclic) bond motifs is 1. The number of benzene rings is 2. The Bertz CT molecular complexity index is 609. The lowest BCUT2D eigenvalue weighted by Gasteiger charge is -2.07. The molecule has 84 valence electrons. The van der Waals surface area contributed by atoms with E-state index in [-0.39, 0.29) is 0 Å². The Hall–Kier alpha value is -2.29. The van der Waals surface area contributed by atoms with Gasteiger partial charge in [0.25, 0.3) is 0 Å². The first-order valence-electron chi connectivity index (χ1n) is 5.63. The van der Waals surface area contributed by atoms with E-state index in [0.29, 0.717) is 0 Å². The molecule has 3 heteroatoms. The smallest absolute Gasteiger partial charge is 0.200 e. The number of anilines is 1. The molecule has 0 bridgehead atoms. The van der Waals surface area contributed by atoms with Gasteiger partial charge in [0.05, 0.1) is 0 Å². The second-order valence-electron chi connectivity index (χ2n) is 3.93. The largest absolute Gasteiger partial charge is 0.352 e. The van der Waals surface area contributed by atoms with Crippen LogP contribution in [0.2, 0.25) is 0 Å². The minimum atomic E-state index is 0.773. The molecule has 0 aliphatic heterocycles. The Kier molecular flexibility index (Phi) is 2.50. The van der Waals surface area contributed by atoms with Crippen molar-refractivity contribution in [1.82, 2.24) is 9.97 Å². The molecule has 3 rings (SSSR count). The average molecular weight is 223 g/mol. The molecule has 0 atom stereocenters. The Labute approximate surface area is 99.5 Å². The zero-order valence-corrected chi connectivity index (χ0v) is 9.35. The summed E-state index contributed by atoms with van der Waals surface area (Å²) < 4.78 is 0. The number of imidazole rings is 1. The summed E-state index contributed by atoms with van der Waals surface area (Å²) in [6.45, 7) is 0.773. The number of H-pyrrole nitrogens is 1. The van der Waals surface area contributed by atoms with E-state index in [9.17, 15) is 0 Å². The summed E-state index contributed by atoms with van der Waals surface area (Å²) in [6, 6.07) is 14.8. The summed E-state index contributed by atoms with van der Waals surface area (Å²) in [4.78, 5) is 7.18. The molecule has 3 nitrogen and oxygen atoms in total. The Balaban J connectivity index is 1.90. The molecule has 2 N–H and O–H groups in total. The van der Waals surface area contributed by atoms with Gasteiger partial charge in [0, 0.05) is 18.9 Å². The number of aromatic nitrogens is 2. The molecule has 0 unspecified atom stereocenters. The van der Waals surface area contributed by atoms with Crippen LogP contribution in [0.5, 0.6) is 0 Å². The molecule has 0 radical (unpaired) electrons. The Morgan fingerprint density at radius 3 is 2.82 bits per heavy atom. The van der Waals surface area contributed by atoms with Gasteiger partial charge >= 0.3 is 0 Å². The quantitative estimate of drug-likeness (QED) is 0.716. The highest BCUT2D eigenvalue weighted by Crippen LogP contribution is 2.18. The van der Waals surface area contributed by atoms with Gasteiger partial charge in [-0.3, -0.25) is 0 Å². The van der Waals surface area contributed by atoms with Gasteiger partial charge in [0.2, 0.25) is 0 Å². The zero-order valence-electron chi connectivity index (χ0n) is 9.35. The molecular formula is C14H13N3. The SMILES string of the molecule is c1ccc2c(CNc3ncc[nH]3)cccc2c1. The van der Waals surface area contributed by atoms with Crippen molar-refractivity contribution in [2.45, 2.75) is 6.54 Å². The first-order chi connectivity index (χ1) is 8.43. The zero-order chi connectivity index (χ0) is 11.5. The number of aromatic amines is 1. The molecule has 0 saturated heterocycles. The Morgan fingerprint density at radius 2 is 1.94 bits per heavy atom. The monoisotopic (exact) mass is 223 g/mol. The van der Waals surface area contributed by atoms with Crippen LogP contribution in [0, 0.1) is 0 Å². The third kappa shape index (κ3) is 1.99. The predicted molar refractivity (Wildman–Crippen MR) is 69.9 cm³/mol. The molecule has 1 aromatic heterocycles. The molecule has 0 aliphatic rings. The molecule has 0 aliphatic carbocycles. The number of nitrogens with zero attached hydrogens (tertiary/aromatic N) is 1. The van der Waals surface area contributed by atoms with E-state index >= 15 is 0 Å². The lowest BCUT2D eigenvalue weighted by atomic mass is 10.0. The summed E-state index contributed by atoms with van der Waals surface area (Å²) in [6.07, 6.45) is 3.55. The van der Waals surface area contributed by atoms with Crippen LogP contribution in [0.25, 0.3) is 10.8 Å². The van der Waals surface area contributed by atoms with Gasteiger partial charge in [-0.25, -0.2) is 4.98 Å². The van der Waals surface area contributed by atoms with Crippen LogP contribution in [-0.4, -0.2) is 9.97 Å². The van der Waals surface area contributed by atoms with Crippen molar-refractivity contribution in [3.63, 3.8) is 0 Å². The van der Waals surface area contributed by atoms with E-state index in [1.54, 1.807) is 6.20 Å². The van der Waals surface area contributed by atoms with Crippen LogP contribution >= 0.6 is 0 Å². The predicted octanol–water partition coefficient (Wildman–Crippen LogP) is 3.18.